The van der Waals surface area contributed by atoms with Gasteiger partial charge in [0.25, 0.3) is 0 Å². The fourth-order valence-corrected chi connectivity index (χ4v) is 11.3. The number of rotatable bonds is 56. The molecule has 0 aliphatic carbocycles. The van der Waals surface area contributed by atoms with Gasteiger partial charge in [0.05, 0.1) is 32.0 Å². The summed E-state index contributed by atoms with van der Waals surface area (Å²) in [5, 5.41) is 87.5. The third-order valence-electron chi connectivity index (χ3n) is 16.8. The van der Waals surface area contributed by atoms with E-state index in [0.717, 1.165) is 77.0 Å². The van der Waals surface area contributed by atoms with Gasteiger partial charge in [-0.05, 0) is 51.4 Å². The van der Waals surface area contributed by atoms with Crippen molar-refractivity contribution < 1.29 is 64.6 Å². The van der Waals surface area contributed by atoms with Crippen LogP contribution in [-0.2, 0) is 23.7 Å². The minimum Gasteiger partial charge on any atom is -0.394 e. The molecule has 2 saturated heterocycles. The number of allylic oxidation sites excluding steroid dienone is 8. The lowest BCUT2D eigenvalue weighted by atomic mass is 9.97. The highest BCUT2D eigenvalue weighted by molar-refractivity contribution is 5.76. The molecule has 0 saturated carbocycles. The molecule has 0 spiro atoms. The Kier molecular flexibility index (Phi) is 50.2. The second-order valence-corrected chi connectivity index (χ2v) is 24.3. The van der Waals surface area contributed by atoms with Crippen molar-refractivity contribution in [3.8, 4) is 0 Å². The molecule has 2 fully saturated rings. The number of amides is 1. The molecule has 83 heavy (non-hydrogen) atoms. The van der Waals surface area contributed by atoms with Gasteiger partial charge in [0, 0.05) is 6.42 Å². The zero-order valence-corrected chi connectivity index (χ0v) is 52.7. The van der Waals surface area contributed by atoms with Crippen LogP contribution in [0, 0.1) is 0 Å². The summed E-state index contributed by atoms with van der Waals surface area (Å²) < 4.78 is 22.9. The average Bonchev–Trinajstić information content (AvgIpc) is 3.65. The van der Waals surface area contributed by atoms with Gasteiger partial charge in [-0.15, -0.1) is 0 Å². The summed E-state index contributed by atoms with van der Waals surface area (Å²) in [5.74, 6) is -0.228. The molecule has 12 unspecified atom stereocenters. The fraction of sp³-hybridized carbons (Fsp3) is 0.870. The molecule has 0 aromatic heterocycles. The van der Waals surface area contributed by atoms with Crippen LogP contribution in [0.1, 0.15) is 290 Å². The summed E-state index contributed by atoms with van der Waals surface area (Å²) in [6.45, 7) is 2.76. The number of carbonyl (C=O) groups excluding carboxylic acids is 1. The number of nitrogens with one attached hydrogen (secondary N) is 1. The van der Waals surface area contributed by atoms with Crippen molar-refractivity contribution in [1.29, 1.82) is 0 Å². The molecule has 14 nitrogen and oxygen atoms in total. The van der Waals surface area contributed by atoms with Crippen molar-refractivity contribution in [2.75, 3.05) is 19.8 Å². The number of aliphatic hydroxyl groups is 8. The topological polar surface area (TPSA) is 228 Å². The highest BCUT2D eigenvalue weighted by Crippen LogP contribution is 2.30. The third-order valence-corrected chi connectivity index (χ3v) is 16.8. The zero-order chi connectivity index (χ0) is 60.2. The zero-order valence-electron chi connectivity index (χ0n) is 52.7. The summed E-state index contributed by atoms with van der Waals surface area (Å²) >= 11 is 0. The van der Waals surface area contributed by atoms with Crippen LogP contribution in [0.4, 0.5) is 0 Å². The van der Waals surface area contributed by atoms with Crippen LogP contribution in [0.15, 0.2) is 48.6 Å². The van der Waals surface area contributed by atoms with Gasteiger partial charge in [0.1, 0.15) is 48.8 Å². The van der Waals surface area contributed by atoms with Crippen molar-refractivity contribution in [3.63, 3.8) is 0 Å². The molecule has 1 amide bonds. The maximum Gasteiger partial charge on any atom is 0.220 e. The summed E-state index contributed by atoms with van der Waals surface area (Å²) in [5.41, 5.74) is 0. The van der Waals surface area contributed by atoms with E-state index in [0.29, 0.717) is 12.8 Å². The van der Waals surface area contributed by atoms with Gasteiger partial charge < -0.3 is 65.1 Å². The maximum atomic E-state index is 13.3. The van der Waals surface area contributed by atoms with E-state index in [4.69, 9.17) is 18.9 Å². The minimum absolute atomic E-state index is 0.228. The van der Waals surface area contributed by atoms with Crippen LogP contribution < -0.4 is 5.32 Å². The lowest BCUT2D eigenvalue weighted by molar-refractivity contribution is -0.359. The van der Waals surface area contributed by atoms with Gasteiger partial charge in [-0.1, -0.05) is 281 Å². The van der Waals surface area contributed by atoms with E-state index in [1.807, 2.05) is 0 Å². The van der Waals surface area contributed by atoms with E-state index < -0.39 is 86.8 Å². The normalized spacial score (nSPS) is 24.1. The molecule has 2 rings (SSSR count). The molecule has 486 valence electrons. The molecular formula is C69H127NO13. The molecule has 0 radical (unpaired) electrons. The number of aliphatic hydroxyl groups excluding tert-OH is 8. The number of hydrogen-bond acceptors (Lipinski definition) is 13. The van der Waals surface area contributed by atoms with Crippen molar-refractivity contribution in [2.45, 2.75) is 364 Å². The maximum absolute atomic E-state index is 13.3. The van der Waals surface area contributed by atoms with Crippen LogP contribution in [0.2, 0.25) is 0 Å². The van der Waals surface area contributed by atoms with E-state index in [9.17, 15) is 45.6 Å². The highest BCUT2D eigenvalue weighted by Gasteiger charge is 2.51. The highest BCUT2D eigenvalue weighted by atomic mass is 16.7. The second-order valence-electron chi connectivity index (χ2n) is 24.3. The van der Waals surface area contributed by atoms with Crippen molar-refractivity contribution in [1.82, 2.24) is 5.32 Å². The first kappa shape index (κ1) is 77.0. The molecule has 2 aliphatic rings. The summed E-state index contributed by atoms with van der Waals surface area (Å²) in [6, 6.07) is -0.845. The first-order valence-corrected chi connectivity index (χ1v) is 34.4. The van der Waals surface area contributed by atoms with E-state index >= 15 is 0 Å². The molecule has 0 bridgehead atoms. The van der Waals surface area contributed by atoms with Gasteiger partial charge in [-0.3, -0.25) is 4.79 Å². The standard InChI is InChI=1S/C69H127NO13/c1-3-5-7-9-11-13-15-17-19-21-22-23-24-25-26-27-28-29-30-31-32-33-34-35-37-38-40-42-44-46-48-50-52-58(73)57(70-61(74)53-51-49-47-45-43-41-39-36-20-18-16-14-12-10-8-6-4-2)56-80-68-66(79)64(77)67(60(55-72)82-68)83-69-65(78)63(76)62(75)59(54-71)81-69/h6,8,12,14,18,20,39,41,57-60,62-69,71-73,75-79H,3-5,7,9-11,13,15-17,19,21-38,40,42-56H2,1-2H3,(H,70,74)/b8-6-,14-12-,20-18-,41-39-. The van der Waals surface area contributed by atoms with E-state index in [1.165, 1.54) is 180 Å². The summed E-state index contributed by atoms with van der Waals surface area (Å²) in [4.78, 5) is 13.3. The monoisotopic (exact) mass is 1180 g/mol. The smallest absolute Gasteiger partial charge is 0.220 e. The third kappa shape index (κ3) is 38.8. The van der Waals surface area contributed by atoms with E-state index in [1.54, 1.807) is 0 Å². The number of carbonyl (C=O) groups is 1. The number of unbranched alkanes of at least 4 members (excludes halogenated alkanes) is 35. The van der Waals surface area contributed by atoms with Gasteiger partial charge in [0.2, 0.25) is 5.91 Å². The van der Waals surface area contributed by atoms with Gasteiger partial charge >= 0.3 is 0 Å². The average molecular weight is 1180 g/mol. The molecule has 2 aliphatic heterocycles. The summed E-state index contributed by atoms with van der Waals surface area (Å²) in [7, 11) is 0. The lowest BCUT2D eigenvalue weighted by Gasteiger charge is -2.46. The predicted octanol–water partition coefficient (Wildman–Crippen LogP) is 13.5. The largest absolute Gasteiger partial charge is 0.394 e. The number of ether oxygens (including phenoxy) is 4. The Labute approximate surface area is 505 Å². The van der Waals surface area contributed by atoms with Crippen LogP contribution in [0.25, 0.3) is 0 Å². The molecule has 0 aromatic rings. The first-order valence-electron chi connectivity index (χ1n) is 34.4. The fourth-order valence-electron chi connectivity index (χ4n) is 11.3. The number of hydrogen-bond donors (Lipinski definition) is 9. The Bertz CT molecular complexity index is 1580. The van der Waals surface area contributed by atoms with E-state index in [-0.39, 0.29) is 18.9 Å². The minimum atomic E-state index is -1.79. The Morgan fingerprint density at radius 1 is 0.446 bits per heavy atom. The Hall–Kier alpha value is -2.05. The van der Waals surface area contributed by atoms with Crippen LogP contribution in [0.3, 0.4) is 0 Å². The second kappa shape index (κ2) is 54.1. The van der Waals surface area contributed by atoms with Crippen molar-refractivity contribution in [3.05, 3.63) is 48.6 Å². The van der Waals surface area contributed by atoms with Crippen molar-refractivity contribution >= 4 is 5.91 Å². The SMILES string of the molecule is CC/C=C\C/C=C\C/C=C\C/C=C\CCCCCCC(=O)NC(COC1OC(CO)C(OC2OC(CO)C(O)C(O)C2O)C(O)C1O)C(O)CCCCCCCCCCCCCCCCCCCCCCCCCCCCCCCCCC. The van der Waals surface area contributed by atoms with Crippen LogP contribution in [0.5, 0.6) is 0 Å². The Morgan fingerprint density at radius 2 is 0.831 bits per heavy atom. The first-order chi connectivity index (χ1) is 40.6. The van der Waals surface area contributed by atoms with Gasteiger partial charge in [0.15, 0.2) is 12.6 Å². The molecule has 0 aromatic carbocycles. The van der Waals surface area contributed by atoms with Crippen LogP contribution >= 0.6 is 0 Å². The quantitative estimate of drug-likeness (QED) is 0.0204. The van der Waals surface area contributed by atoms with Crippen LogP contribution in [-0.4, -0.2) is 140 Å². The lowest BCUT2D eigenvalue weighted by Crippen LogP contribution is -2.65. The van der Waals surface area contributed by atoms with E-state index in [2.05, 4.69) is 67.8 Å². The molecule has 14 heteroatoms. The summed E-state index contributed by atoms with van der Waals surface area (Å²) in [6.07, 6.45) is 52.8. The van der Waals surface area contributed by atoms with Crippen molar-refractivity contribution in [2.24, 2.45) is 0 Å². The Balaban J connectivity index is 1.64. The Morgan fingerprint density at radius 3 is 1.28 bits per heavy atom. The molecule has 12 atom stereocenters. The molecule has 2 heterocycles. The predicted molar refractivity (Wildman–Crippen MR) is 337 cm³/mol. The molecular weight excluding hydrogens is 1050 g/mol. The van der Waals surface area contributed by atoms with Gasteiger partial charge in [-0.2, -0.15) is 0 Å². The van der Waals surface area contributed by atoms with Gasteiger partial charge in [-0.25, -0.2) is 0 Å². The molecule has 9 N–H and O–H groups in total.